The first-order valence-electron chi connectivity index (χ1n) is 8.30. The molecule has 2 aromatic carbocycles. The zero-order chi connectivity index (χ0) is 19.5. The van der Waals surface area contributed by atoms with Crippen LogP contribution >= 0.6 is 11.3 Å². The van der Waals surface area contributed by atoms with Gasteiger partial charge in [0.2, 0.25) is 5.88 Å². The second kappa shape index (κ2) is 7.57. The lowest BCUT2D eigenvalue weighted by Gasteiger charge is -2.10. The van der Waals surface area contributed by atoms with Crippen LogP contribution in [0.5, 0.6) is 23.1 Å². The Morgan fingerprint density at radius 1 is 0.929 bits per heavy atom. The fraction of sp³-hybridized carbons (Fsp3) is 0.105. The second-order valence-electron chi connectivity index (χ2n) is 5.70. The van der Waals surface area contributed by atoms with Crippen LogP contribution in [0.3, 0.4) is 0 Å². The first-order chi connectivity index (χ1) is 13.7. The van der Waals surface area contributed by atoms with Crippen molar-refractivity contribution in [3.05, 3.63) is 48.8 Å². The van der Waals surface area contributed by atoms with Gasteiger partial charge in [0.05, 0.1) is 24.4 Å². The maximum atomic E-state index is 6.19. The van der Waals surface area contributed by atoms with E-state index in [9.17, 15) is 0 Å². The van der Waals surface area contributed by atoms with Crippen LogP contribution in [0.25, 0.3) is 10.2 Å². The first-order valence-corrected chi connectivity index (χ1v) is 9.12. The summed E-state index contributed by atoms with van der Waals surface area (Å²) in [6.07, 6.45) is 1.38. The van der Waals surface area contributed by atoms with E-state index in [1.54, 1.807) is 38.5 Å². The van der Waals surface area contributed by atoms with Crippen LogP contribution in [0.4, 0.5) is 16.6 Å². The van der Waals surface area contributed by atoms with Gasteiger partial charge in [-0.05, 0) is 42.5 Å². The molecule has 0 saturated carbocycles. The van der Waals surface area contributed by atoms with Crippen LogP contribution in [-0.2, 0) is 0 Å². The van der Waals surface area contributed by atoms with Crippen molar-refractivity contribution >= 4 is 38.2 Å². The number of rotatable bonds is 6. The molecule has 0 saturated heterocycles. The average molecular weight is 395 g/mol. The zero-order valence-electron chi connectivity index (χ0n) is 15.2. The third-order valence-corrected chi connectivity index (χ3v) is 4.88. The number of methoxy groups -OCH3 is 2. The first kappa shape index (κ1) is 17.8. The number of benzene rings is 2. The molecule has 4 rings (SSSR count). The predicted molar refractivity (Wildman–Crippen MR) is 109 cm³/mol. The Labute approximate surface area is 164 Å². The molecule has 3 N–H and O–H groups in total. The van der Waals surface area contributed by atoms with Crippen LogP contribution in [0.15, 0.2) is 48.8 Å². The number of hydrogen-bond acceptors (Lipinski definition) is 9. The van der Waals surface area contributed by atoms with Crippen LogP contribution in [-0.4, -0.2) is 29.2 Å². The molecular formula is C19H17N5O3S. The molecule has 0 unspecified atom stereocenters. The van der Waals surface area contributed by atoms with Crippen molar-refractivity contribution in [3.8, 4) is 23.1 Å². The van der Waals surface area contributed by atoms with Gasteiger partial charge in [-0.25, -0.2) is 9.97 Å². The average Bonchev–Trinajstić information content (AvgIpc) is 3.13. The Bertz CT molecular complexity index is 1110. The molecule has 0 amide bonds. The lowest BCUT2D eigenvalue weighted by atomic mass is 10.3. The molecule has 8 nitrogen and oxygen atoms in total. The van der Waals surface area contributed by atoms with E-state index in [4.69, 9.17) is 19.9 Å². The normalized spacial score (nSPS) is 10.6. The maximum Gasteiger partial charge on any atom is 0.248 e. The van der Waals surface area contributed by atoms with Crippen molar-refractivity contribution in [1.29, 1.82) is 0 Å². The van der Waals surface area contributed by atoms with Gasteiger partial charge >= 0.3 is 0 Å². The number of hydrogen-bond donors (Lipinski definition) is 2. The zero-order valence-corrected chi connectivity index (χ0v) is 16.0. The van der Waals surface area contributed by atoms with Crippen molar-refractivity contribution in [2.24, 2.45) is 0 Å². The number of fused-ring (bicyclic) bond motifs is 1. The Morgan fingerprint density at radius 3 is 2.39 bits per heavy atom. The van der Waals surface area contributed by atoms with Gasteiger partial charge in [0.25, 0.3) is 0 Å². The summed E-state index contributed by atoms with van der Waals surface area (Å²) in [7, 11) is 3.24. The largest absolute Gasteiger partial charge is 0.497 e. The Kier molecular flexibility index (Phi) is 4.81. The van der Waals surface area contributed by atoms with E-state index in [2.05, 4.69) is 20.3 Å². The maximum absolute atomic E-state index is 6.19. The van der Waals surface area contributed by atoms with Crippen LogP contribution in [0.1, 0.15) is 0 Å². The van der Waals surface area contributed by atoms with Gasteiger partial charge in [-0.15, -0.1) is 0 Å². The number of nitrogens with one attached hydrogen (secondary N) is 1. The predicted octanol–water partition coefficient (Wildman–Crippen LogP) is 4.22. The lowest BCUT2D eigenvalue weighted by Crippen LogP contribution is -2.02. The van der Waals surface area contributed by atoms with Crippen molar-refractivity contribution in [2.75, 3.05) is 25.3 Å². The molecule has 0 bridgehead atoms. The Balaban J connectivity index is 1.57. The third kappa shape index (κ3) is 3.60. The van der Waals surface area contributed by atoms with E-state index in [1.165, 1.54) is 17.7 Å². The lowest BCUT2D eigenvalue weighted by molar-refractivity contribution is 0.412. The van der Waals surface area contributed by atoms with Gasteiger partial charge in [0, 0.05) is 0 Å². The summed E-state index contributed by atoms with van der Waals surface area (Å²) in [6, 6.07) is 12.8. The number of aromatic nitrogens is 3. The fourth-order valence-corrected chi connectivity index (χ4v) is 3.40. The molecule has 9 heteroatoms. The van der Waals surface area contributed by atoms with Gasteiger partial charge in [-0.1, -0.05) is 11.3 Å². The minimum absolute atomic E-state index is 0.255. The van der Waals surface area contributed by atoms with Gasteiger partial charge in [0.15, 0.2) is 10.9 Å². The smallest absolute Gasteiger partial charge is 0.248 e. The summed E-state index contributed by atoms with van der Waals surface area (Å²) < 4.78 is 17.1. The number of thiazole rings is 1. The molecule has 0 radical (unpaired) electrons. The monoisotopic (exact) mass is 395 g/mol. The number of nitrogens with two attached hydrogens (primary N) is 1. The minimum atomic E-state index is 0.255. The molecule has 0 atom stereocenters. The molecule has 0 fully saturated rings. The summed E-state index contributed by atoms with van der Waals surface area (Å²) in [5.74, 6) is 2.77. The van der Waals surface area contributed by atoms with E-state index >= 15 is 0 Å². The number of ether oxygens (including phenoxy) is 3. The van der Waals surface area contributed by atoms with Crippen molar-refractivity contribution in [2.45, 2.75) is 0 Å². The highest BCUT2D eigenvalue weighted by atomic mass is 32.1. The highest BCUT2D eigenvalue weighted by Gasteiger charge is 2.13. The molecule has 2 aromatic heterocycles. The Hall–Kier alpha value is -3.59. The molecule has 4 aromatic rings. The van der Waals surface area contributed by atoms with E-state index in [0.717, 1.165) is 21.7 Å². The van der Waals surface area contributed by atoms with Crippen molar-refractivity contribution in [1.82, 2.24) is 15.0 Å². The van der Waals surface area contributed by atoms with Gasteiger partial charge < -0.3 is 25.3 Å². The van der Waals surface area contributed by atoms with Crippen LogP contribution in [0, 0.1) is 0 Å². The van der Waals surface area contributed by atoms with Gasteiger partial charge in [-0.2, -0.15) is 4.98 Å². The molecule has 0 aliphatic carbocycles. The standard InChI is InChI=1S/C19H17N5O3S/c1-25-11-3-5-12(6-4-11)27-18-16(20)17(21-10-22-18)24-19-23-14-8-7-13(26-2)9-15(14)28-19/h3-10H,20H2,1-2H3,(H,21,22,23,24). The van der Waals surface area contributed by atoms with Gasteiger partial charge in [0.1, 0.15) is 29.3 Å². The van der Waals surface area contributed by atoms with Crippen molar-refractivity contribution in [3.63, 3.8) is 0 Å². The van der Waals surface area contributed by atoms with E-state index < -0.39 is 0 Å². The van der Waals surface area contributed by atoms with Gasteiger partial charge in [-0.3, -0.25) is 0 Å². The number of anilines is 3. The second-order valence-corrected chi connectivity index (χ2v) is 6.73. The highest BCUT2D eigenvalue weighted by molar-refractivity contribution is 7.22. The minimum Gasteiger partial charge on any atom is -0.497 e. The summed E-state index contributed by atoms with van der Waals surface area (Å²) in [5, 5.41) is 3.79. The van der Waals surface area contributed by atoms with Crippen LogP contribution in [0.2, 0.25) is 0 Å². The summed E-state index contributed by atoms with van der Waals surface area (Å²) in [5.41, 5.74) is 7.34. The summed E-state index contributed by atoms with van der Waals surface area (Å²) in [4.78, 5) is 12.9. The summed E-state index contributed by atoms with van der Waals surface area (Å²) >= 11 is 1.47. The van der Waals surface area contributed by atoms with E-state index in [0.29, 0.717) is 16.7 Å². The molecule has 142 valence electrons. The van der Waals surface area contributed by atoms with E-state index in [-0.39, 0.29) is 11.6 Å². The van der Waals surface area contributed by atoms with Crippen LogP contribution < -0.4 is 25.3 Å². The van der Waals surface area contributed by atoms with E-state index in [1.807, 2.05) is 18.2 Å². The molecule has 0 spiro atoms. The Morgan fingerprint density at radius 2 is 1.64 bits per heavy atom. The molecule has 28 heavy (non-hydrogen) atoms. The topological polar surface area (TPSA) is 104 Å². The number of nitrogens with zero attached hydrogens (tertiary/aromatic N) is 3. The molecule has 2 heterocycles. The highest BCUT2D eigenvalue weighted by Crippen LogP contribution is 2.34. The fourth-order valence-electron chi connectivity index (χ4n) is 2.50. The molecule has 0 aliphatic heterocycles. The SMILES string of the molecule is COc1ccc(Oc2ncnc(Nc3nc4ccc(OC)cc4s3)c2N)cc1. The van der Waals surface area contributed by atoms with Crippen molar-refractivity contribution < 1.29 is 14.2 Å². The number of nitrogen functional groups attached to an aromatic ring is 1. The molecular weight excluding hydrogens is 378 g/mol. The summed E-state index contributed by atoms with van der Waals surface area (Å²) in [6.45, 7) is 0. The third-order valence-electron chi connectivity index (χ3n) is 3.94. The quantitative estimate of drug-likeness (QED) is 0.500. The molecule has 0 aliphatic rings.